The number of alkyl halides is 3. The Labute approximate surface area is 127 Å². The van der Waals surface area contributed by atoms with Crippen LogP contribution in [0, 0.1) is 0 Å². The normalized spacial score (nSPS) is 12.0. The van der Waals surface area contributed by atoms with Crippen LogP contribution in [0.3, 0.4) is 0 Å². The Kier molecular flexibility index (Phi) is 3.49. The van der Waals surface area contributed by atoms with E-state index >= 15 is 0 Å². The highest BCUT2D eigenvalue weighted by atomic mass is 79.9. The number of hydrogen-bond donors (Lipinski definition) is 0. The van der Waals surface area contributed by atoms with Gasteiger partial charge in [0.1, 0.15) is 4.60 Å². The van der Waals surface area contributed by atoms with E-state index < -0.39 is 11.7 Å². The number of aromatic nitrogens is 2. The molecule has 0 amide bonds. The first kappa shape index (κ1) is 14.1. The van der Waals surface area contributed by atoms with Crippen molar-refractivity contribution in [2.45, 2.75) is 12.7 Å². The minimum absolute atomic E-state index is 0.421. The average molecular weight is 355 g/mol. The lowest BCUT2D eigenvalue weighted by Gasteiger charge is -2.08. The highest BCUT2D eigenvalue weighted by Crippen LogP contribution is 2.29. The largest absolute Gasteiger partial charge is 0.416 e. The molecule has 1 heterocycles. The molecule has 0 saturated heterocycles. The zero-order valence-electron chi connectivity index (χ0n) is 10.7. The predicted octanol–water partition coefficient (Wildman–Crippen LogP) is 4.87. The maximum absolute atomic E-state index is 12.5. The van der Waals surface area contributed by atoms with Gasteiger partial charge in [-0.15, -0.1) is 0 Å². The van der Waals surface area contributed by atoms with Gasteiger partial charge in [0, 0.05) is 5.39 Å². The number of fused-ring (bicyclic) bond motifs is 1. The van der Waals surface area contributed by atoms with Crippen molar-refractivity contribution in [1.29, 1.82) is 0 Å². The molecule has 2 aromatic carbocycles. The molecule has 0 spiro atoms. The van der Waals surface area contributed by atoms with Crippen molar-refractivity contribution in [3.8, 4) is 0 Å². The minimum Gasteiger partial charge on any atom is -0.259 e. The lowest BCUT2D eigenvalue weighted by molar-refractivity contribution is -0.137. The van der Waals surface area contributed by atoms with Gasteiger partial charge in [-0.2, -0.15) is 18.3 Å². The van der Waals surface area contributed by atoms with Gasteiger partial charge in [0.05, 0.1) is 17.6 Å². The van der Waals surface area contributed by atoms with Gasteiger partial charge in [0.15, 0.2) is 0 Å². The fourth-order valence-corrected chi connectivity index (χ4v) is 2.71. The molecule has 0 bridgehead atoms. The fourth-order valence-electron chi connectivity index (χ4n) is 2.18. The van der Waals surface area contributed by atoms with E-state index in [1.165, 1.54) is 12.1 Å². The molecular weight excluding hydrogens is 345 g/mol. The van der Waals surface area contributed by atoms with Crippen molar-refractivity contribution in [1.82, 2.24) is 9.78 Å². The molecule has 0 aliphatic carbocycles. The smallest absolute Gasteiger partial charge is 0.259 e. The summed E-state index contributed by atoms with van der Waals surface area (Å²) in [7, 11) is 0. The third kappa shape index (κ3) is 2.81. The van der Waals surface area contributed by atoms with Gasteiger partial charge in [-0.1, -0.05) is 30.3 Å². The highest BCUT2D eigenvalue weighted by molar-refractivity contribution is 9.10. The fraction of sp³-hybridized carbons (Fsp3) is 0.133. The van der Waals surface area contributed by atoms with Gasteiger partial charge in [-0.25, -0.2) is 0 Å². The van der Waals surface area contributed by atoms with Crippen molar-refractivity contribution in [2.75, 3.05) is 0 Å². The lowest BCUT2D eigenvalue weighted by Crippen LogP contribution is -2.06. The van der Waals surface area contributed by atoms with Crippen LogP contribution in [0.5, 0.6) is 0 Å². The van der Waals surface area contributed by atoms with Gasteiger partial charge in [0.25, 0.3) is 0 Å². The number of halogens is 4. The summed E-state index contributed by atoms with van der Waals surface area (Å²) in [5, 5.41) is 5.34. The molecule has 3 rings (SSSR count). The zero-order chi connectivity index (χ0) is 15.0. The number of rotatable bonds is 2. The maximum atomic E-state index is 12.5. The average Bonchev–Trinajstić information content (AvgIpc) is 2.76. The molecule has 0 N–H and O–H groups in total. The molecule has 0 radical (unpaired) electrons. The first-order valence-corrected chi connectivity index (χ1v) is 7.01. The topological polar surface area (TPSA) is 17.8 Å². The van der Waals surface area contributed by atoms with E-state index in [1.54, 1.807) is 4.68 Å². The van der Waals surface area contributed by atoms with Crippen LogP contribution in [-0.2, 0) is 12.7 Å². The molecule has 0 unspecified atom stereocenters. The van der Waals surface area contributed by atoms with E-state index in [-0.39, 0.29) is 0 Å². The summed E-state index contributed by atoms with van der Waals surface area (Å²) in [6.45, 7) is 0.421. The molecule has 2 nitrogen and oxygen atoms in total. The van der Waals surface area contributed by atoms with Crippen molar-refractivity contribution >= 4 is 26.8 Å². The van der Waals surface area contributed by atoms with E-state index in [2.05, 4.69) is 21.0 Å². The van der Waals surface area contributed by atoms with E-state index in [0.717, 1.165) is 33.2 Å². The number of benzene rings is 2. The zero-order valence-corrected chi connectivity index (χ0v) is 12.3. The second kappa shape index (κ2) is 5.18. The van der Waals surface area contributed by atoms with Gasteiger partial charge in [-0.05, 0) is 39.7 Å². The number of nitrogens with zero attached hydrogens (tertiary/aromatic N) is 2. The lowest BCUT2D eigenvalue weighted by atomic mass is 10.1. The van der Waals surface area contributed by atoms with E-state index in [9.17, 15) is 13.2 Å². The predicted molar refractivity (Wildman–Crippen MR) is 78.0 cm³/mol. The standard InChI is InChI=1S/C15H10BrF3N2/c16-14-12-3-1-2-4-13(12)21(20-14)9-10-5-7-11(8-6-10)15(17,18)19/h1-8H,9H2. The molecule has 0 fully saturated rings. The van der Waals surface area contributed by atoms with E-state index in [1.807, 2.05) is 24.3 Å². The van der Waals surface area contributed by atoms with Gasteiger partial charge in [-0.3, -0.25) is 4.68 Å². The summed E-state index contributed by atoms with van der Waals surface area (Å²) < 4.78 is 40.1. The van der Waals surface area contributed by atoms with Crippen LogP contribution in [0.4, 0.5) is 13.2 Å². The Morgan fingerprint density at radius 1 is 1.00 bits per heavy atom. The molecule has 0 aliphatic heterocycles. The molecule has 6 heteroatoms. The Balaban J connectivity index is 1.92. The van der Waals surface area contributed by atoms with Crippen LogP contribution >= 0.6 is 15.9 Å². The molecular formula is C15H10BrF3N2. The van der Waals surface area contributed by atoms with Gasteiger partial charge in [0.2, 0.25) is 0 Å². The minimum atomic E-state index is -4.31. The van der Waals surface area contributed by atoms with E-state index in [4.69, 9.17) is 0 Å². The van der Waals surface area contributed by atoms with Crippen LogP contribution in [0.15, 0.2) is 53.1 Å². The van der Waals surface area contributed by atoms with Crippen molar-refractivity contribution in [3.05, 3.63) is 64.3 Å². The molecule has 0 aliphatic rings. The maximum Gasteiger partial charge on any atom is 0.416 e. The van der Waals surface area contributed by atoms with Gasteiger partial charge < -0.3 is 0 Å². The summed E-state index contributed by atoms with van der Waals surface area (Å²) in [5.41, 5.74) is 1.06. The highest BCUT2D eigenvalue weighted by Gasteiger charge is 2.29. The molecule has 21 heavy (non-hydrogen) atoms. The first-order chi connectivity index (χ1) is 9.95. The molecule has 0 saturated carbocycles. The van der Waals surface area contributed by atoms with Crippen molar-refractivity contribution in [2.24, 2.45) is 0 Å². The number of para-hydroxylation sites is 1. The molecule has 0 atom stereocenters. The van der Waals surface area contributed by atoms with Crippen molar-refractivity contribution < 1.29 is 13.2 Å². The van der Waals surface area contributed by atoms with Gasteiger partial charge >= 0.3 is 6.18 Å². The first-order valence-electron chi connectivity index (χ1n) is 6.22. The molecule has 3 aromatic rings. The Hall–Kier alpha value is -1.82. The molecule has 1 aromatic heterocycles. The second-order valence-corrected chi connectivity index (χ2v) is 5.41. The summed E-state index contributed by atoms with van der Waals surface area (Å²) in [6, 6.07) is 12.8. The van der Waals surface area contributed by atoms with Crippen molar-refractivity contribution in [3.63, 3.8) is 0 Å². The van der Waals surface area contributed by atoms with Crippen LogP contribution < -0.4 is 0 Å². The SMILES string of the molecule is FC(F)(F)c1ccc(Cn2nc(Br)c3ccccc32)cc1. The third-order valence-corrected chi connectivity index (χ3v) is 3.81. The number of hydrogen-bond acceptors (Lipinski definition) is 1. The Morgan fingerprint density at radius 2 is 1.67 bits per heavy atom. The second-order valence-electron chi connectivity index (χ2n) is 4.66. The van der Waals surface area contributed by atoms with Crippen LogP contribution in [0.1, 0.15) is 11.1 Å². The summed E-state index contributed by atoms with van der Waals surface area (Å²) >= 11 is 3.39. The van der Waals surface area contributed by atoms with Crippen LogP contribution in [0.2, 0.25) is 0 Å². The third-order valence-electron chi connectivity index (χ3n) is 3.23. The monoisotopic (exact) mass is 354 g/mol. The summed E-state index contributed by atoms with van der Waals surface area (Å²) in [4.78, 5) is 0. The summed E-state index contributed by atoms with van der Waals surface area (Å²) in [6.07, 6.45) is -4.31. The Morgan fingerprint density at radius 3 is 2.33 bits per heavy atom. The van der Waals surface area contributed by atoms with E-state index in [0.29, 0.717) is 6.54 Å². The molecule has 108 valence electrons. The Bertz CT molecular complexity index is 776. The van der Waals surface area contributed by atoms with Crippen LogP contribution in [-0.4, -0.2) is 9.78 Å². The van der Waals surface area contributed by atoms with Crippen LogP contribution in [0.25, 0.3) is 10.9 Å². The quantitative estimate of drug-likeness (QED) is 0.642. The summed E-state index contributed by atoms with van der Waals surface area (Å²) in [5.74, 6) is 0.